The number of fused-ring (bicyclic) bond motifs is 1. The van der Waals surface area contributed by atoms with Crippen molar-refractivity contribution in [2.45, 2.75) is 52.4 Å². The van der Waals surface area contributed by atoms with Gasteiger partial charge in [0.05, 0.1) is 12.5 Å². The van der Waals surface area contributed by atoms with E-state index in [0.29, 0.717) is 37.3 Å². The van der Waals surface area contributed by atoms with Crippen molar-refractivity contribution in [1.82, 2.24) is 10.2 Å². The van der Waals surface area contributed by atoms with Crippen LogP contribution in [0.25, 0.3) is 0 Å². The molecule has 0 spiro atoms. The molecule has 1 saturated carbocycles. The van der Waals surface area contributed by atoms with Gasteiger partial charge < -0.3 is 15.0 Å². The van der Waals surface area contributed by atoms with Crippen LogP contribution in [-0.4, -0.2) is 51.0 Å². The first-order valence-electron chi connectivity index (χ1n) is 10.8. The van der Waals surface area contributed by atoms with Crippen LogP contribution in [0.4, 0.5) is 4.79 Å². The SMILES string of the molecule is [B]c1cc(C2[C@H]3CN(C(=O)[C@H](CC)CNC(=O)OCC)C[C@@H]23)cc(C(C)(C)C)c1. The Kier molecular flexibility index (Phi) is 6.30. The zero-order valence-corrected chi connectivity index (χ0v) is 18.3. The van der Waals surface area contributed by atoms with E-state index in [-0.39, 0.29) is 17.2 Å². The number of ether oxygens (including phenoxy) is 1. The molecule has 2 amide bonds. The molecule has 5 nitrogen and oxygen atoms in total. The van der Waals surface area contributed by atoms with E-state index in [0.717, 1.165) is 18.6 Å². The summed E-state index contributed by atoms with van der Waals surface area (Å²) in [5.74, 6) is 1.47. The van der Waals surface area contributed by atoms with E-state index in [1.54, 1.807) is 6.92 Å². The van der Waals surface area contributed by atoms with Gasteiger partial charge in [-0.1, -0.05) is 51.4 Å². The van der Waals surface area contributed by atoms with Gasteiger partial charge in [0.2, 0.25) is 5.91 Å². The number of benzene rings is 1. The van der Waals surface area contributed by atoms with Gasteiger partial charge >= 0.3 is 6.09 Å². The van der Waals surface area contributed by atoms with Gasteiger partial charge in [0, 0.05) is 19.6 Å². The number of amides is 2. The highest BCUT2D eigenvalue weighted by atomic mass is 16.5. The number of piperidine rings is 1. The van der Waals surface area contributed by atoms with Crippen LogP contribution in [0.2, 0.25) is 0 Å². The number of nitrogens with zero attached hydrogens (tertiary/aromatic N) is 1. The van der Waals surface area contributed by atoms with Crippen molar-refractivity contribution in [2.24, 2.45) is 17.8 Å². The van der Waals surface area contributed by atoms with Crippen molar-refractivity contribution in [1.29, 1.82) is 0 Å². The van der Waals surface area contributed by atoms with Gasteiger partial charge in [0.15, 0.2) is 0 Å². The second kappa shape index (κ2) is 8.41. The van der Waals surface area contributed by atoms with Gasteiger partial charge in [0.1, 0.15) is 7.85 Å². The van der Waals surface area contributed by atoms with E-state index >= 15 is 0 Å². The predicted molar refractivity (Wildman–Crippen MR) is 116 cm³/mol. The summed E-state index contributed by atoms with van der Waals surface area (Å²) < 4.78 is 4.89. The van der Waals surface area contributed by atoms with Crippen molar-refractivity contribution in [3.8, 4) is 0 Å². The average Bonchev–Trinajstić information content (AvgIpc) is 3.14. The molecule has 6 heteroatoms. The van der Waals surface area contributed by atoms with Crippen molar-refractivity contribution in [2.75, 3.05) is 26.2 Å². The van der Waals surface area contributed by atoms with Crippen LogP contribution in [0.3, 0.4) is 0 Å². The fourth-order valence-electron chi connectivity index (χ4n) is 4.56. The second-order valence-corrected chi connectivity index (χ2v) is 9.44. The largest absolute Gasteiger partial charge is 0.450 e. The molecule has 1 aliphatic carbocycles. The standard InChI is InChI=1S/C23H33BN2O3/c1-6-14(11-25-22(28)29-7-2)21(27)26-12-18-19(13-26)20(18)15-8-16(23(3,4)5)10-17(24)9-15/h8-10,14,18-20H,6-7,11-13H2,1-5H3,(H,25,28)/t14-,18-,19+,20?/m1/s1. The van der Waals surface area contributed by atoms with Crippen LogP contribution in [0.1, 0.15) is 58.1 Å². The van der Waals surface area contributed by atoms with Crippen LogP contribution in [0.5, 0.6) is 0 Å². The van der Waals surface area contributed by atoms with Crippen LogP contribution in [-0.2, 0) is 14.9 Å². The molecule has 2 aliphatic rings. The zero-order valence-electron chi connectivity index (χ0n) is 18.3. The Morgan fingerprint density at radius 1 is 1.21 bits per heavy atom. The molecule has 1 unspecified atom stereocenters. The summed E-state index contributed by atoms with van der Waals surface area (Å²) in [5.41, 5.74) is 3.46. The van der Waals surface area contributed by atoms with Crippen molar-refractivity contribution < 1.29 is 14.3 Å². The Balaban J connectivity index is 1.59. The quantitative estimate of drug-likeness (QED) is 0.753. The Morgan fingerprint density at radius 3 is 2.41 bits per heavy atom. The van der Waals surface area contributed by atoms with Gasteiger partial charge in [-0.15, -0.1) is 0 Å². The second-order valence-electron chi connectivity index (χ2n) is 9.44. The molecule has 1 aliphatic heterocycles. The van der Waals surface area contributed by atoms with E-state index in [9.17, 15) is 9.59 Å². The Labute approximate surface area is 176 Å². The van der Waals surface area contributed by atoms with Gasteiger partial charge in [-0.2, -0.15) is 0 Å². The molecule has 1 saturated heterocycles. The number of hydrogen-bond acceptors (Lipinski definition) is 3. The number of hydrogen-bond donors (Lipinski definition) is 1. The Hall–Kier alpha value is -1.98. The molecule has 4 atom stereocenters. The molecule has 1 aromatic rings. The van der Waals surface area contributed by atoms with Crippen molar-refractivity contribution in [3.05, 3.63) is 29.3 Å². The third-order valence-electron chi connectivity index (χ3n) is 6.34. The molecule has 1 N–H and O–H groups in total. The first kappa shape index (κ1) is 21.7. The molecule has 1 heterocycles. The third-order valence-corrected chi connectivity index (χ3v) is 6.34. The van der Waals surface area contributed by atoms with Gasteiger partial charge in [0.25, 0.3) is 0 Å². The Morgan fingerprint density at radius 2 is 1.86 bits per heavy atom. The van der Waals surface area contributed by atoms with Crippen LogP contribution in [0, 0.1) is 17.8 Å². The molecule has 2 fully saturated rings. The summed E-state index contributed by atoms with van der Waals surface area (Å²) in [6.07, 6.45) is 0.240. The highest BCUT2D eigenvalue weighted by molar-refractivity contribution is 6.32. The van der Waals surface area contributed by atoms with E-state index in [2.05, 4.69) is 44.3 Å². The van der Waals surface area contributed by atoms with E-state index < -0.39 is 6.09 Å². The summed E-state index contributed by atoms with van der Waals surface area (Å²) in [4.78, 5) is 26.4. The topological polar surface area (TPSA) is 58.6 Å². The lowest BCUT2D eigenvalue weighted by atomic mass is 9.81. The van der Waals surface area contributed by atoms with Gasteiger partial charge in [-0.3, -0.25) is 4.79 Å². The van der Waals surface area contributed by atoms with Crippen LogP contribution >= 0.6 is 0 Å². The minimum atomic E-state index is -0.459. The van der Waals surface area contributed by atoms with Gasteiger partial charge in [-0.05, 0) is 47.6 Å². The summed E-state index contributed by atoms with van der Waals surface area (Å²) in [7, 11) is 6.18. The van der Waals surface area contributed by atoms with Gasteiger partial charge in [-0.25, -0.2) is 4.79 Å². The zero-order chi connectivity index (χ0) is 21.3. The van der Waals surface area contributed by atoms with E-state index in [1.807, 2.05) is 11.8 Å². The smallest absolute Gasteiger partial charge is 0.407 e. The highest BCUT2D eigenvalue weighted by Crippen LogP contribution is 2.58. The molecule has 156 valence electrons. The number of rotatable bonds is 6. The average molecular weight is 396 g/mol. The lowest BCUT2D eigenvalue weighted by Gasteiger charge is -2.26. The van der Waals surface area contributed by atoms with E-state index in [4.69, 9.17) is 12.6 Å². The molecular formula is C23H33BN2O3. The van der Waals surface area contributed by atoms with Crippen LogP contribution < -0.4 is 10.8 Å². The maximum absolute atomic E-state index is 12.9. The van der Waals surface area contributed by atoms with Crippen molar-refractivity contribution >= 4 is 25.3 Å². The summed E-state index contributed by atoms with van der Waals surface area (Å²) >= 11 is 0. The maximum Gasteiger partial charge on any atom is 0.407 e. The fourth-order valence-corrected chi connectivity index (χ4v) is 4.56. The van der Waals surface area contributed by atoms with E-state index in [1.165, 1.54) is 11.1 Å². The number of carbonyl (C=O) groups excluding carboxylic acids is 2. The third kappa shape index (κ3) is 4.79. The molecule has 2 radical (unpaired) electrons. The number of alkyl carbamates (subject to hydrolysis) is 1. The first-order chi connectivity index (χ1) is 13.7. The molecule has 3 rings (SSSR count). The predicted octanol–water partition coefficient (Wildman–Crippen LogP) is 2.72. The first-order valence-corrected chi connectivity index (χ1v) is 10.8. The normalized spacial score (nSPS) is 24.0. The summed E-state index contributed by atoms with van der Waals surface area (Å²) in [6, 6.07) is 6.46. The highest BCUT2D eigenvalue weighted by Gasteiger charge is 2.57. The summed E-state index contributed by atoms with van der Waals surface area (Å²) in [6.45, 7) is 12.6. The Bertz CT molecular complexity index is 762. The molecule has 0 aromatic heterocycles. The molecule has 1 aromatic carbocycles. The monoisotopic (exact) mass is 396 g/mol. The molecule has 0 bridgehead atoms. The maximum atomic E-state index is 12.9. The fraction of sp³-hybridized carbons (Fsp3) is 0.652. The minimum absolute atomic E-state index is 0.0659. The lowest BCUT2D eigenvalue weighted by molar-refractivity contribution is -0.135. The number of likely N-dealkylation sites (tertiary alicyclic amines) is 1. The minimum Gasteiger partial charge on any atom is -0.450 e. The summed E-state index contributed by atoms with van der Waals surface area (Å²) in [5, 5.41) is 2.70. The molecular weight excluding hydrogens is 363 g/mol. The number of carbonyl (C=O) groups is 2. The molecule has 29 heavy (non-hydrogen) atoms. The number of nitrogens with one attached hydrogen (secondary N) is 1. The van der Waals surface area contributed by atoms with Crippen molar-refractivity contribution in [3.63, 3.8) is 0 Å². The lowest BCUT2D eigenvalue weighted by Crippen LogP contribution is -2.41. The van der Waals surface area contributed by atoms with Crippen LogP contribution in [0.15, 0.2) is 18.2 Å².